The number of hydrogen-bond acceptors (Lipinski definition) is 6. The third-order valence-corrected chi connectivity index (χ3v) is 6.80. The highest BCUT2D eigenvalue weighted by Gasteiger charge is 2.26. The second-order valence-corrected chi connectivity index (χ2v) is 10.8. The summed E-state index contributed by atoms with van der Waals surface area (Å²) < 4.78 is 5.48. The van der Waals surface area contributed by atoms with Crippen molar-refractivity contribution >= 4 is 27.6 Å². The van der Waals surface area contributed by atoms with Gasteiger partial charge in [-0.3, -0.25) is 9.69 Å². The number of aromatic nitrogens is 2. The first-order valence-electron chi connectivity index (χ1n) is 11.4. The maximum atomic E-state index is 12.7. The van der Waals surface area contributed by atoms with Crippen LogP contribution in [0.2, 0.25) is 0 Å². The molecule has 1 atom stereocenters. The summed E-state index contributed by atoms with van der Waals surface area (Å²) in [5.74, 6) is 1.05. The molecule has 2 aromatic heterocycles. The number of likely N-dealkylation sites (tertiary alicyclic amines) is 1. The van der Waals surface area contributed by atoms with E-state index in [1.807, 2.05) is 57.2 Å². The van der Waals surface area contributed by atoms with Gasteiger partial charge in [0.25, 0.3) is 5.56 Å². The van der Waals surface area contributed by atoms with Crippen molar-refractivity contribution in [2.24, 2.45) is 5.92 Å². The van der Waals surface area contributed by atoms with Gasteiger partial charge in [0.05, 0.1) is 11.9 Å². The van der Waals surface area contributed by atoms with E-state index in [2.05, 4.69) is 9.88 Å². The van der Waals surface area contributed by atoms with Crippen LogP contribution in [0.25, 0.3) is 20.7 Å². The van der Waals surface area contributed by atoms with Crippen LogP contribution < -0.4 is 5.56 Å². The first-order chi connectivity index (χ1) is 15.7. The molecule has 0 bridgehead atoms. The number of benzene rings is 1. The van der Waals surface area contributed by atoms with Crippen molar-refractivity contribution < 1.29 is 9.53 Å². The molecule has 176 valence electrons. The van der Waals surface area contributed by atoms with Gasteiger partial charge in [-0.15, -0.1) is 11.3 Å². The van der Waals surface area contributed by atoms with Crippen molar-refractivity contribution in [2.75, 3.05) is 26.7 Å². The van der Waals surface area contributed by atoms with Crippen LogP contribution in [-0.2, 0) is 11.3 Å². The minimum atomic E-state index is -0.498. The van der Waals surface area contributed by atoms with E-state index in [1.165, 1.54) is 0 Å². The second-order valence-electron chi connectivity index (χ2n) is 9.81. The van der Waals surface area contributed by atoms with E-state index in [-0.39, 0.29) is 11.7 Å². The minimum Gasteiger partial charge on any atom is -0.444 e. The van der Waals surface area contributed by atoms with Crippen molar-refractivity contribution in [3.8, 4) is 10.4 Å². The molecule has 7 nitrogen and oxygen atoms in total. The van der Waals surface area contributed by atoms with Crippen molar-refractivity contribution in [2.45, 2.75) is 45.8 Å². The fourth-order valence-electron chi connectivity index (χ4n) is 4.25. The molecule has 1 fully saturated rings. The molecule has 1 N–H and O–H groups in total. The van der Waals surface area contributed by atoms with Gasteiger partial charge in [0.1, 0.15) is 16.3 Å². The molecule has 0 spiro atoms. The SMILES string of the molecule is CN(CC1CCCN(Cc2nc3sc(-c4ccccc4)cc3c(=O)[nH]2)C1)C(=O)OC(C)(C)C. The van der Waals surface area contributed by atoms with Crippen LogP contribution in [0.4, 0.5) is 4.79 Å². The van der Waals surface area contributed by atoms with Gasteiger partial charge in [0.2, 0.25) is 0 Å². The molecule has 1 aliphatic rings. The molecule has 0 radical (unpaired) electrons. The molecule has 1 unspecified atom stereocenters. The van der Waals surface area contributed by atoms with E-state index < -0.39 is 5.60 Å². The number of hydrogen-bond donors (Lipinski definition) is 1. The highest BCUT2D eigenvalue weighted by atomic mass is 32.1. The molecule has 1 aliphatic heterocycles. The molecule has 3 aromatic rings. The molecular formula is C25H32N4O3S. The largest absolute Gasteiger partial charge is 0.444 e. The zero-order valence-corrected chi connectivity index (χ0v) is 20.6. The molecule has 33 heavy (non-hydrogen) atoms. The Hall–Kier alpha value is -2.71. The van der Waals surface area contributed by atoms with E-state index >= 15 is 0 Å². The van der Waals surface area contributed by atoms with Gasteiger partial charge in [0, 0.05) is 25.0 Å². The van der Waals surface area contributed by atoms with Gasteiger partial charge in [-0.2, -0.15) is 0 Å². The molecule has 1 aromatic carbocycles. The number of aromatic amines is 1. The number of thiophene rings is 1. The Morgan fingerprint density at radius 1 is 1.30 bits per heavy atom. The summed E-state index contributed by atoms with van der Waals surface area (Å²) in [6.07, 6.45) is 1.83. The second kappa shape index (κ2) is 9.65. The smallest absolute Gasteiger partial charge is 0.410 e. The van der Waals surface area contributed by atoms with Crippen molar-refractivity contribution in [3.05, 3.63) is 52.6 Å². The topological polar surface area (TPSA) is 78.5 Å². The van der Waals surface area contributed by atoms with Gasteiger partial charge >= 0.3 is 6.09 Å². The van der Waals surface area contributed by atoms with Crippen LogP contribution in [0.1, 0.15) is 39.4 Å². The third kappa shape index (κ3) is 6.00. The summed E-state index contributed by atoms with van der Waals surface area (Å²) in [4.78, 5) is 38.6. The molecule has 0 saturated carbocycles. The Balaban J connectivity index is 1.42. The lowest BCUT2D eigenvalue weighted by atomic mass is 9.97. The van der Waals surface area contributed by atoms with Crippen LogP contribution >= 0.6 is 11.3 Å². The van der Waals surface area contributed by atoms with Gasteiger partial charge in [0.15, 0.2) is 0 Å². The Labute approximate surface area is 198 Å². The van der Waals surface area contributed by atoms with Gasteiger partial charge < -0.3 is 14.6 Å². The number of rotatable bonds is 5. The molecule has 0 aliphatic carbocycles. The highest BCUT2D eigenvalue weighted by Crippen LogP contribution is 2.31. The zero-order chi connectivity index (χ0) is 23.6. The van der Waals surface area contributed by atoms with Crippen molar-refractivity contribution in [1.82, 2.24) is 19.8 Å². The number of amides is 1. The summed E-state index contributed by atoms with van der Waals surface area (Å²) in [5, 5.41) is 0.637. The van der Waals surface area contributed by atoms with Crippen LogP contribution in [0, 0.1) is 5.92 Å². The lowest BCUT2D eigenvalue weighted by Gasteiger charge is -2.34. The number of carbonyl (C=O) groups excluding carboxylic acids is 1. The van der Waals surface area contributed by atoms with Crippen LogP contribution in [-0.4, -0.2) is 58.1 Å². The number of fused-ring (bicyclic) bond motifs is 1. The first kappa shape index (κ1) is 23.4. The monoisotopic (exact) mass is 468 g/mol. The van der Waals surface area contributed by atoms with Crippen molar-refractivity contribution in [3.63, 3.8) is 0 Å². The van der Waals surface area contributed by atoms with E-state index in [0.29, 0.717) is 30.2 Å². The quantitative estimate of drug-likeness (QED) is 0.586. The van der Waals surface area contributed by atoms with E-state index in [1.54, 1.807) is 23.3 Å². The predicted octanol–water partition coefficient (Wildman–Crippen LogP) is 4.73. The van der Waals surface area contributed by atoms with Crippen LogP contribution in [0.5, 0.6) is 0 Å². The third-order valence-electron chi connectivity index (χ3n) is 5.72. The fraction of sp³-hybridized carbons (Fsp3) is 0.480. The van der Waals surface area contributed by atoms with Gasteiger partial charge in [-0.05, 0) is 57.7 Å². The normalized spacial score (nSPS) is 17.3. The Morgan fingerprint density at radius 2 is 2.06 bits per heavy atom. The van der Waals surface area contributed by atoms with E-state index in [9.17, 15) is 9.59 Å². The number of ether oxygens (including phenoxy) is 1. The lowest BCUT2D eigenvalue weighted by Crippen LogP contribution is -2.43. The summed E-state index contributed by atoms with van der Waals surface area (Å²) in [6, 6.07) is 12.0. The molecule has 4 rings (SSSR count). The summed E-state index contributed by atoms with van der Waals surface area (Å²) in [7, 11) is 1.79. The Kier molecular flexibility index (Phi) is 6.86. The van der Waals surface area contributed by atoms with Crippen LogP contribution in [0.3, 0.4) is 0 Å². The maximum Gasteiger partial charge on any atom is 0.410 e. The molecule has 8 heteroatoms. The molecular weight excluding hydrogens is 436 g/mol. The summed E-state index contributed by atoms with van der Waals surface area (Å²) >= 11 is 1.55. The Bertz CT molecular complexity index is 1170. The summed E-state index contributed by atoms with van der Waals surface area (Å²) in [5.41, 5.74) is 0.503. The highest BCUT2D eigenvalue weighted by molar-refractivity contribution is 7.21. The standard InChI is InChI=1S/C25H32N4O3S/c1-25(2,3)32-24(31)28(4)14-17-9-8-12-29(15-17)16-21-26-22(30)19-13-20(33-23(19)27-21)18-10-6-5-7-11-18/h5-7,10-11,13,17H,8-9,12,14-16H2,1-4H3,(H,26,27,30). The number of piperidine rings is 1. The minimum absolute atomic E-state index is 0.0911. The maximum absolute atomic E-state index is 12.7. The van der Waals surface area contributed by atoms with Gasteiger partial charge in [-0.25, -0.2) is 9.78 Å². The zero-order valence-electron chi connectivity index (χ0n) is 19.8. The number of H-pyrrole nitrogens is 1. The van der Waals surface area contributed by atoms with Crippen LogP contribution in [0.15, 0.2) is 41.2 Å². The molecule has 1 amide bonds. The fourth-order valence-corrected chi connectivity index (χ4v) is 5.31. The molecule has 3 heterocycles. The number of nitrogens with zero attached hydrogens (tertiary/aromatic N) is 3. The lowest BCUT2D eigenvalue weighted by molar-refractivity contribution is 0.0241. The predicted molar refractivity (Wildman–Crippen MR) is 133 cm³/mol. The average Bonchev–Trinajstić information content (AvgIpc) is 3.18. The number of nitrogens with one attached hydrogen (secondary N) is 1. The van der Waals surface area contributed by atoms with Gasteiger partial charge in [-0.1, -0.05) is 30.3 Å². The average molecular weight is 469 g/mol. The van der Waals surface area contributed by atoms with E-state index in [4.69, 9.17) is 9.72 Å². The number of carbonyl (C=O) groups is 1. The van der Waals surface area contributed by atoms with Crippen molar-refractivity contribution in [1.29, 1.82) is 0 Å². The van der Waals surface area contributed by atoms with E-state index in [0.717, 1.165) is 41.2 Å². The first-order valence-corrected chi connectivity index (χ1v) is 12.2. The Morgan fingerprint density at radius 3 is 2.79 bits per heavy atom. The summed E-state index contributed by atoms with van der Waals surface area (Å²) in [6.45, 7) is 8.69. The molecule has 1 saturated heterocycles.